The summed E-state index contributed by atoms with van der Waals surface area (Å²) in [5.74, 6) is 0.559. The quantitative estimate of drug-likeness (QED) is 0.902. The monoisotopic (exact) mass is 283 g/mol. The van der Waals surface area contributed by atoms with Crippen LogP contribution in [-0.4, -0.2) is 12.0 Å². The Labute approximate surface area is 126 Å². The van der Waals surface area contributed by atoms with Gasteiger partial charge in [-0.15, -0.1) is 0 Å². The van der Waals surface area contributed by atoms with E-state index in [1.807, 2.05) is 55.5 Å². The summed E-state index contributed by atoms with van der Waals surface area (Å²) in [7, 11) is 0. The van der Waals surface area contributed by atoms with Crippen molar-refractivity contribution < 1.29 is 9.53 Å². The molecule has 1 amide bonds. The highest BCUT2D eigenvalue weighted by Crippen LogP contribution is 2.16. The molecule has 1 unspecified atom stereocenters. The van der Waals surface area contributed by atoms with Crippen molar-refractivity contribution in [2.24, 2.45) is 0 Å². The molecule has 0 spiro atoms. The lowest BCUT2D eigenvalue weighted by Crippen LogP contribution is -2.30. The smallest absolute Gasteiger partial charge is 0.265 e. The molecule has 0 saturated carbocycles. The van der Waals surface area contributed by atoms with Crippen LogP contribution in [0.2, 0.25) is 0 Å². The van der Waals surface area contributed by atoms with E-state index in [0.717, 1.165) is 17.7 Å². The summed E-state index contributed by atoms with van der Waals surface area (Å²) in [4.78, 5) is 12.2. The van der Waals surface area contributed by atoms with Gasteiger partial charge in [-0.1, -0.05) is 37.3 Å². The van der Waals surface area contributed by atoms with Crippen LogP contribution in [0.15, 0.2) is 48.5 Å². The fraction of sp³-hybridized carbons (Fsp3) is 0.278. The molecule has 0 bridgehead atoms. The first-order chi connectivity index (χ1) is 10.1. The Kier molecular flexibility index (Phi) is 4.99. The minimum Gasteiger partial charge on any atom is -0.481 e. The lowest BCUT2D eigenvalue weighted by molar-refractivity contribution is -0.122. The Morgan fingerprint density at radius 1 is 1.14 bits per heavy atom. The van der Waals surface area contributed by atoms with Gasteiger partial charge in [-0.3, -0.25) is 4.79 Å². The largest absolute Gasteiger partial charge is 0.481 e. The molecule has 21 heavy (non-hydrogen) atoms. The fourth-order valence-electron chi connectivity index (χ4n) is 2.01. The molecule has 2 aromatic rings. The highest BCUT2D eigenvalue weighted by atomic mass is 16.5. The van der Waals surface area contributed by atoms with Gasteiger partial charge in [-0.25, -0.2) is 0 Å². The summed E-state index contributed by atoms with van der Waals surface area (Å²) >= 11 is 0. The van der Waals surface area contributed by atoms with Crippen molar-refractivity contribution >= 4 is 11.6 Å². The molecule has 1 atom stereocenters. The van der Waals surface area contributed by atoms with Crippen molar-refractivity contribution in [1.82, 2.24) is 0 Å². The maximum Gasteiger partial charge on any atom is 0.265 e. The Balaban J connectivity index is 1.97. The van der Waals surface area contributed by atoms with Crippen LogP contribution in [-0.2, 0) is 11.2 Å². The number of hydrogen-bond donors (Lipinski definition) is 1. The lowest BCUT2D eigenvalue weighted by Gasteiger charge is -2.16. The Hall–Kier alpha value is -2.29. The summed E-state index contributed by atoms with van der Waals surface area (Å²) in [5, 5.41) is 2.89. The molecule has 0 radical (unpaired) electrons. The van der Waals surface area contributed by atoms with Crippen LogP contribution in [0.5, 0.6) is 5.75 Å². The van der Waals surface area contributed by atoms with E-state index in [4.69, 9.17) is 4.74 Å². The van der Waals surface area contributed by atoms with Gasteiger partial charge in [0.25, 0.3) is 5.91 Å². The van der Waals surface area contributed by atoms with Gasteiger partial charge in [0.15, 0.2) is 6.10 Å². The van der Waals surface area contributed by atoms with Crippen LogP contribution in [0.4, 0.5) is 5.69 Å². The summed E-state index contributed by atoms with van der Waals surface area (Å²) < 4.78 is 5.68. The number of aryl methyl sites for hydroxylation is 2. The molecule has 0 aliphatic carbocycles. The average Bonchev–Trinajstić information content (AvgIpc) is 2.50. The third kappa shape index (κ3) is 4.09. The Morgan fingerprint density at radius 2 is 1.81 bits per heavy atom. The number of rotatable bonds is 5. The molecule has 2 aromatic carbocycles. The number of anilines is 1. The van der Waals surface area contributed by atoms with Crippen molar-refractivity contribution in [3.63, 3.8) is 0 Å². The number of benzene rings is 2. The summed E-state index contributed by atoms with van der Waals surface area (Å²) in [5.41, 5.74) is 3.10. The summed E-state index contributed by atoms with van der Waals surface area (Å²) in [6.07, 6.45) is 0.445. The van der Waals surface area contributed by atoms with Crippen molar-refractivity contribution in [2.45, 2.75) is 33.3 Å². The van der Waals surface area contributed by atoms with E-state index in [-0.39, 0.29) is 5.91 Å². The second-order valence-electron chi connectivity index (χ2n) is 5.06. The van der Waals surface area contributed by atoms with Crippen LogP contribution < -0.4 is 10.1 Å². The number of nitrogens with one attached hydrogen (secondary N) is 1. The van der Waals surface area contributed by atoms with Crippen molar-refractivity contribution in [2.75, 3.05) is 5.32 Å². The van der Waals surface area contributed by atoms with E-state index in [1.165, 1.54) is 5.56 Å². The van der Waals surface area contributed by atoms with E-state index in [9.17, 15) is 4.79 Å². The molecular formula is C18H21NO2. The van der Waals surface area contributed by atoms with E-state index in [1.54, 1.807) is 6.92 Å². The molecule has 0 saturated heterocycles. The molecule has 0 aliphatic rings. The summed E-state index contributed by atoms with van der Waals surface area (Å²) in [6, 6.07) is 15.5. The standard InChI is InChI=1S/C18H21NO2/c1-4-15-9-11-16(12-10-15)21-14(3)18(20)19-17-8-6-5-7-13(17)2/h5-12,14H,4H2,1-3H3,(H,19,20). The summed E-state index contributed by atoms with van der Waals surface area (Å²) in [6.45, 7) is 5.82. The zero-order valence-corrected chi connectivity index (χ0v) is 12.7. The molecular weight excluding hydrogens is 262 g/mol. The maximum absolute atomic E-state index is 12.2. The van der Waals surface area contributed by atoms with Crippen molar-refractivity contribution in [3.8, 4) is 5.75 Å². The third-order valence-electron chi connectivity index (χ3n) is 3.42. The Morgan fingerprint density at radius 3 is 2.43 bits per heavy atom. The predicted molar refractivity (Wildman–Crippen MR) is 85.7 cm³/mol. The van der Waals surface area contributed by atoms with Gasteiger partial charge in [-0.05, 0) is 49.6 Å². The molecule has 1 N–H and O–H groups in total. The molecule has 3 heteroatoms. The number of hydrogen-bond acceptors (Lipinski definition) is 2. The van der Waals surface area contributed by atoms with E-state index in [2.05, 4.69) is 12.2 Å². The van der Waals surface area contributed by atoms with Crippen LogP contribution in [0.3, 0.4) is 0 Å². The predicted octanol–water partition coefficient (Wildman–Crippen LogP) is 3.96. The second kappa shape index (κ2) is 6.93. The van der Waals surface area contributed by atoms with Crippen LogP contribution in [0.25, 0.3) is 0 Å². The van der Waals surface area contributed by atoms with Gasteiger partial charge in [0.05, 0.1) is 0 Å². The normalized spacial score (nSPS) is 11.8. The van der Waals surface area contributed by atoms with Crippen LogP contribution in [0.1, 0.15) is 25.0 Å². The molecule has 110 valence electrons. The van der Waals surface area contributed by atoms with Gasteiger partial charge in [0.1, 0.15) is 5.75 Å². The number of carbonyl (C=O) groups excluding carboxylic acids is 1. The fourth-order valence-corrected chi connectivity index (χ4v) is 2.01. The van der Waals surface area contributed by atoms with E-state index < -0.39 is 6.10 Å². The van der Waals surface area contributed by atoms with Crippen molar-refractivity contribution in [1.29, 1.82) is 0 Å². The first-order valence-corrected chi connectivity index (χ1v) is 7.22. The SMILES string of the molecule is CCc1ccc(OC(C)C(=O)Nc2ccccc2C)cc1. The molecule has 0 heterocycles. The van der Waals surface area contributed by atoms with Crippen molar-refractivity contribution in [3.05, 3.63) is 59.7 Å². The number of para-hydroxylation sites is 1. The highest BCUT2D eigenvalue weighted by molar-refractivity contribution is 5.94. The molecule has 3 nitrogen and oxygen atoms in total. The molecule has 0 aliphatic heterocycles. The number of amides is 1. The highest BCUT2D eigenvalue weighted by Gasteiger charge is 2.15. The van der Waals surface area contributed by atoms with Gasteiger partial charge < -0.3 is 10.1 Å². The minimum atomic E-state index is -0.544. The first-order valence-electron chi connectivity index (χ1n) is 7.22. The maximum atomic E-state index is 12.2. The zero-order valence-electron chi connectivity index (χ0n) is 12.7. The van der Waals surface area contributed by atoms with Crippen LogP contribution in [0, 0.1) is 6.92 Å². The van der Waals surface area contributed by atoms with Crippen LogP contribution >= 0.6 is 0 Å². The average molecular weight is 283 g/mol. The zero-order chi connectivity index (χ0) is 15.2. The number of ether oxygens (including phenoxy) is 1. The second-order valence-corrected chi connectivity index (χ2v) is 5.06. The number of carbonyl (C=O) groups is 1. The lowest BCUT2D eigenvalue weighted by atomic mass is 10.2. The Bertz CT molecular complexity index is 605. The van der Waals surface area contributed by atoms with Gasteiger partial charge in [-0.2, -0.15) is 0 Å². The third-order valence-corrected chi connectivity index (χ3v) is 3.42. The van der Waals surface area contributed by atoms with Gasteiger partial charge >= 0.3 is 0 Å². The van der Waals surface area contributed by atoms with E-state index in [0.29, 0.717) is 5.75 Å². The first kappa shape index (κ1) is 15.1. The molecule has 2 rings (SSSR count). The minimum absolute atomic E-state index is 0.149. The molecule has 0 aromatic heterocycles. The van der Waals surface area contributed by atoms with Gasteiger partial charge in [0.2, 0.25) is 0 Å². The topological polar surface area (TPSA) is 38.3 Å². The van der Waals surface area contributed by atoms with E-state index >= 15 is 0 Å². The molecule has 0 fully saturated rings. The van der Waals surface area contributed by atoms with Gasteiger partial charge in [0, 0.05) is 5.69 Å².